The third kappa shape index (κ3) is 5.00. The number of nitrogens with zero attached hydrogens (tertiary/aromatic N) is 3. The van der Waals surface area contributed by atoms with Crippen molar-refractivity contribution in [3.63, 3.8) is 0 Å². The minimum atomic E-state index is -1.47. The summed E-state index contributed by atoms with van der Waals surface area (Å²) in [5.74, 6) is 1.43. The molecule has 9 nitrogen and oxygen atoms in total. The molecule has 1 amide bonds. The van der Waals surface area contributed by atoms with Gasteiger partial charge in [-0.3, -0.25) is 4.79 Å². The molecule has 2 aromatic rings. The fourth-order valence-electron chi connectivity index (χ4n) is 5.08. The normalized spacial score (nSPS) is 23.8. The Labute approximate surface area is 212 Å². The molecule has 0 bridgehead atoms. The highest BCUT2D eigenvalue weighted by Gasteiger charge is 2.49. The maximum Gasteiger partial charge on any atom is 0.253 e. The van der Waals surface area contributed by atoms with Crippen LogP contribution in [0.15, 0.2) is 36.5 Å². The molecule has 0 radical (unpaired) electrons. The van der Waals surface area contributed by atoms with Crippen molar-refractivity contribution in [2.45, 2.75) is 51.4 Å². The van der Waals surface area contributed by atoms with E-state index in [4.69, 9.17) is 9.47 Å². The molecule has 9 heteroatoms. The molecule has 1 aromatic heterocycles. The average Bonchev–Trinajstić information content (AvgIpc) is 3.23. The zero-order valence-electron chi connectivity index (χ0n) is 21.4. The Morgan fingerprint density at radius 2 is 1.94 bits per heavy atom. The van der Waals surface area contributed by atoms with E-state index in [0.717, 1.165) is 17.8 Å². The SMILES string of the molecule is CCc1ccc(N2CC(Oc3cc([C@@H]4CN(C(=O)C(O)CO)C[C@@]4(C)C(C)O)ccc3OC)C2)nc1. The van der Waals surface area contributed by atoms with Crippen LogP contribution in [0.4, 0.5) is 5.82 Å². The van der Waals surface area contributed by atoms with Crippen molar-refractivity contribution >= 4 is 11.7 Å². The zero-order chi connectivity index (χ0) is 26.0. The molecular formula is C27H37N3O6. The molecule has 0 aliphatic carbocycles. The van der Waals surface area contributed by atoms with Crippen LogP contribution in [0.1, 0.15) is 37.8 Å². The summed E-state index contributed by atoms with van der Waals surface area (Å²) in [6.07, 6.45) is 0.671. The molecule has 2 aliphatic rings. The first-order valence-electron chi connectivity index (χ1n) is 12.5. The molecular weight excluding hydrogens is 462 g/mol. The van der Waals surface area contributed by atoms with E-state index in [9.17, 15) is 20.1 Å². The van der Waals surface area contributed by atoms with Gasteiger partial charge in [0.25, 0.3) is 5.91 Å². The molecule has 0 spiro atoms. The van der Waals surface area contributed by atoms with E-state index in [1.807, 2.05) is 37.4 Å². The Hall–Kier alpha value is -2.88. The van der Waals surface area contributed by atoms with Crippen molar-refractivity contribution in [1.29, 1.82) is 0 Å². The van der Waals surface area contributed by atoms with E-state index in [1.54, 1.807) is 14.0 Å². The summed E-state index contributed by atoms with van der Waals surface area (Å²) < 4.78 is 11.9. The first-order chi connectivity index (χ1) is 17.2. The number of pyridine rings is 1. The fraction of sp³-hybridized carbons (Fsp3) is 0.556. The molecule has 2 fully saturated rings. The van der Waals surface area contributed by atoms with Crippen molar-refractivity contribution in [1.82, 2.24) is 9.88 Å². The molecule has 2 saturated heterocycles. The van der Waals surface area contributed by atoms with Crippen molar-refractivity contribution in [3.8, 4) is 11.5 Å². The highest BCUT2D eigenvalue weighted by Crippen LogP contribution is 2.47. The molecule has 2 unspecified atom stereocenters. The van der Waals surface area contributed by atoms with E-state index >= 15 is 0 Å². The number of anilines is 1. The molecule has 1 aromatic carbocycles. The number of benzene rings is 1. The quantitative estimate of drug-likeness (QED) is 0.477. The van der Waals surface area contributed by atoms with E-state index in [1.165, 1.54) is 10.5 Å². The lowest BCUT2D eigenvalue weighted by Gasteiger charge is -2.40. The summed E-state index contributed by atoms with van der Waals surface area (Å²) in [7, 11) is 1.60. The Balaban J connectivity index is 1.50. The summed E-state index contributed by atoms with van der Waals surface area (Å²) in [6.45, 7) is 7.14. The molecule has 3 heterocycles. The van der Waals surface area contributed by atoms with E-state index in [-0.39, 0.29) is 18.6 Å². The number of hydrogen-bond acceptors (Lipinski definition) is 8. The predicted octanol–water partition coefficient (Wildman–Crippen LogP) is 1.59. The Morgan fingerprint density at radius 1 is 1.19 bits per heavy atom. The number of carbonyl (C=O) groups excluding carboxylic acids is 1. The van der Waals surface area contributed by atoms with Crippen LogP contribution < -0.4 is 14.4 Å². The Bertz CT molecular complexity index is 1060. The van der Waals surface area contributed by atoms with Gasteiger partial charge in [-0.05, 0) is 42.7 Å². The van der Waals surface area contributed by atoms with Gasteiger partial charge < -0.3 is 34.6 Å². The molecule has 2 aliphatic heterocycles. The summed E-state index contributed by atoms with van der Waals surface area (Å²) in [6, 6.07) is 9.84. The first-order valence-corrected chi connectivity index (χ1v) is 12.5. The molecule has 4 atom stereocenters. The van der Waals surface area contributed by atoms with Gasteiger partial charge >= 0.3 is 0 Å². The van der Waals surface area contributed by atoms with Gasteiger partial charge in [0.05, 0.1) is 32.9 Å². The number of amides is 1. The number of hydrogen-bond donors (Lipinski definition) is 3. The maximum absolute atomic E-state index is 12.6. The molecule has 196 valence electrons. The van der Waals surface area contributed by atoms with Gasteiger partial charge in [0.15, 0.2) is 17.6 Å². The van der Waals surface area contributed by atoms with Gasteiger partial charge in [0.1, 0.15) is 11.9 Å². The van der Waals surface area contributed by atoms with Gasteiger partial charge in [0.2, 0.25) is 0 Å². The minimum absolute atomic E-state index is 0.0219. The monoisotopic (exact) mass is 499 g/mol. The number of methoxy groups -OCH3 is 1. The average molecular weight is 500 g/mol. The Kier molecular flexibility index (Phi) is 7.73. The molecule has 36 heavy (non-hydrogen) atoms. The van der Waals surface area contributed by atoms with Crippen molar-refractivity contribution in [3.05, 3.63) is 47.7 Å². The first kappa shape index (κ1) is 26.2. The number of aliphatic hydroxyl groups is 3. The lowest BCUT2D eigenvalue weighted by atomic mass is 9.72. The second-order valence-electron chi connectivity index (χ2n) is 10.1. The van der Waals surface area contributed by atoms with Crippen LogP contribution in [-0.2, 0) is 11.2 Å². The number of rotatable bonds is 9. The van der Waals surface area contributed by atoms with Crippen molar-refractivity contribution in [2.24, 2.45) is 5.41 Å². The zero-order valence-corrected chi connectivity index (χ0v) is 21.4. The summed E-state index contributed by atoms with van der Waals surface area (Å²) in [4.78, 5) is 20.8. The minimum Gasteiger partial charge on any atom is -0.493 e. The number of carbonyl (C=O) groups is 1. The summed E-state index contributed by atoms with van der Waals surface area (Å²) in [5, 5.41) is 29.8. The van der Waals surface area contributed by atoms with Gasteiger partial charge in [-0.15, -0.1) is 0 Å². The topological polar surface area (TPSA) is 116 Å². The second kappa shape index (κ2) is 10.6. The highest BCUT2D eigenvalue weighted by atomic mass is 16.5. The number of aliphatic hydroxyl groups excluding tert-OH is 3. The van der Waals surface area contributed by atoms with Gasteiger partial charge in [-0.1, -0.05) is 26.0 Å². The molecule has 4 rings (SSSR count). The van der Waals surface area contributed by atoms with Crippen molar-refractivity contribution in [2.75, 3.05) is 44.8 Å². The van der Waals surface area contributed by atoms with E-state index < -0.39 is 30.1 Å². The highest BCUT2D eigenvalue weighted by molar-refractivity contribution is 5.81. The van der Waals surface area contributed by atoms with Crippen LogP contribution in [0.25, 0.3) is 0 Å². The third-order valence-corrected chi connectivity index (χ3v) is 7.73. The summed E-state index contributed by atoms with van der Waals surface area (Å²) >= 11 is 0. The number of aromatic nitrogens is 1. The molecule has 3 N–H and O–H groups in total. The predicted molar refractivity (Wildman–Crippen MR) is 135 cm³/mol. The van der Waals surface area contributed by atoms with Crippen LogP contribution in [0.2, 0.25) is 0 Å². The second-order valence-corrected chi connectivity index (χ2v) is 10.1. The number of likely N-dealkylation sites (tertiary alicyclic amines) is 1. The standard InChI is InChI=1S/C27H37N3O6/c1-5-18-6-9-25(28-11-18)29-12-20(13-29)36-24-10-19(7-8-23(24)35-4)21-14-30(26(34)22(33)15-31)16-27(21,3)17(2)32/h6-11,17,20-22,31-33H,5,12-16H2,1-4H3/t17?,21-,22?,27-/m0/s1. The number of aryl methyl sites for hydroxylation is 1. The van der Waals surface area contributed by atoms with E-state index in [0.29, 0.717) is 31.1 Å². The maximum atomic E-state index is 12.6. The van der Waals surface area contributed by atoms with Gasteiger partial charge in [0, 0.05) is 30.6 Å². The third-order valence-electron chi connectivity index (χ3n) is 7.73. The molecule has 0 saturated carbocycles. The van der Waals surface area contributed by atoms with E-state index in [2.05, 4.69) is 22.9 Å². The van der Waals surface area contributed by atoms with Crippen LogP contribution in [0.3, 0.4) is 0 Å². The lowest BCUT2D eigenvalue weighted by Crippen LogP contribution is -2.54. The van der Waals surface area contributed by atoms with Crippen LogP contribution >= 0.6 is 0 Å². The largest absolute Gasteiger partial charge is 0.493 e. The lowest BCUT2D eigenvalue weighted by molar-refractivity contribution is -0.141. The van der Waals surface area contributed by atoms with Gasteiger partial charge in [-0.25, -0.2) is 4.98 Å². The number of ether oxygens (including phenoxy) is 2. The summed E-state index contributed by atoms with van der Waals surface area (Å²) in [5.41, 5.74) is 1.48. The van der Waals surface area contributed by atoms with Crippen molar-refractivity contribution < 1.29 is 29.6 Å². The fourth-order valence-corrected chi connectivity index (χ4v) is 5.08. The Morgan fingerprint density at radius 3 is 2.53 bits per heavy atom. The van der Waals surface area contributed by atoms with Crippen LogP contribution in [0, 0.1) is 5.41 Å². The van der Waals surface area contributed by atoms with Crippen LogP contribution in [0.5, 0.6) is 11.5 Å². The smallest absolute Gasteiger partial charge is 0.253 e. The van der Waals surface area contributed by atoms with Crippen LogP contribution in [-0.4, -0.2) is 89.3 Å². The van der Waals surface area contributed by atoms with Gasteiger partial charge in [-0.2, -0.15) is 0 Å².